The molecule has 2 heterocycles. The average molecular weight is 364 g/mol. The van der Waals surface area contributed by atoms with Crippen molar-refractivity contribution in [1.29, 1.82) is 0 Å². The highest BCUT2D eigenvalue weighted by Gasteiger charge is 2.13. The van der Waals surface area contributed by atoms with Gasteiger partial charge in [-0.05, 0) is 36.2 Å². The van der Waals surface area contributed by atoms with Gasteiger partial charge in [-0.15, -0.1) is 0 Å². The molecule has 0 unspecified atom stereocenters. The van der Waals surface area contributed by atoms with Crippen LogP contribution in [0.5, 0.6) is 0 Å². The Morgan fingerprint density at radius 1 is 1.12 bits per heavy atom. The molecule has 0 saturated carbocycles. The standard InChI is InChI=1S/C17H18ClN3O2S/c1-2-13-3-6-16(7-4-13)24(22,23)19-10-9-15-12-21-11-14(18)5-8-17(21)20-15/h3-8,11-12,19H,2,9-10H2,1H3. The molecule has 2 aromatic heterocycles. The first kappa shape index (κ1) is 17.0. The van der Waals surface area contributed by atoms with Gasteiger partial charge in [-0.25, -0.2) is 18.1 Å². The molecule has 1 N–H and O–H groups in total. The average Bonchev–Trinajstić information content (AvgIpc) is 2.96. The van der Waals surface area contributed by atoms with E-state index in [2.05, 4.69) is 9.71 Å². The third-order valence-electron chi connectivity index (χ3n) is 3.78. The van der Waals surface area contributed by atoms with Crippen LogP contribution in [-0.4, -0.2) is 24.3 Å². The van der Waals surface area contributed by atoms with Crippen molar-refractivity contribution in [2.24, 2.45) is 0 Å². The molecule has 0 aliphatic heterocycles. The maximum atomic E-state index is 12.3. The lowest BCUT2D eigenvalue weighted by Gasteiger charge is -2.06. The maximum Gasteiger partial charge on any atom is 0.240 e. The summed E-state index contributed by atoms with van der Waals surface area (Å²) in [5, 5.41) is 0.627. The number of nitrogens with one attached hydrogen (secondary N) is 1. The van der Waals surface area contributed by atoms with Crippen LogP contribution >= 0.6 is 11.6 Å². The van der Waals surface area contributed by atoms with E-state index in [1.165, 1.54) is 0 Å². The van der Waals surface area contributed by atoms with Crippen LogP contribution in [0.4, 0.5) is 0 Å². The van der Waals surface area contributed by atoms with Crippen molar-refractivity contribution in [3.63, 3.8) is 0 Å². The number of aryl methyl sites for hydroxylation is 1. The number of hydrogen-bond acceptors (Lipinski definition) is 3. The first-order valence-electron chi connectivity index (χ1n) is 7.69. The molecule has 0 radical (unpaired) electrons. The maximum absolute atomic E-state index is 12.3. The lowest BCUT2D eigenvalue weighted by atomic mass is 10.2. The fourth-order valence-corrected chi connectivity index (χ4v) is 3.64. The summed E-state index contributed by atoms with van der Waals surface area (Å²) < 4.78 is 29.0. The SMILES string of the molecule is CCc1ccc(S(=O)(=O)NCCc2cn3cc(Cl)ccc3n2)cc1. The molecule has 0 aliphatic rings. The molecule has 0 atom stereocenters. The molecule has 3 rings (SSSR count). The van der Waals surface area contributed by atoms with Gasteiger partial charge in [-0.2, -0.15) is 0 Å². The Morgan fingerprint density at radius 2 is 1.88 bits per heavy atom. The molecule has 0 bridgehead atoms. The van der Waals surface area contributed by atoms with Gasteiger partial charge in [-0.1, -0.05) is 30.7 Å². The number of hydrogen-bond donors (Lipinski definition) is 1. The Labute approximate surface area is 146 Å². The van der Waals surface area contributed by atoms with Crippen LogP contribution in [0.2, 0.25) is 5.02 Å². The lowest BCUT2D eigenvalue weighted by Crippen LogP contribution is -2.26. The number of halogens is 1. The lowest BCUT2D eigenvalue weighted by molar-refractivity contribution is 0.581. The van der Waals surface area contributed by atoms with Crippen molar-refractivity contribution >= 4 is 27.3 Å². The number of fused-ring (bicyclic) bond motifs is 1. The summed E-state index contributed by atoms with van der Waals surface area (Å²) in [4.78, 5) is 4.72. The summed E-state index contributed by atoms with van der Waals surface area (Å²) >= 11 is 5.94. The minimum atomic E-state index is -3.50. The van der Waals surface area contributed by atoms with E-state index in [-0.39, 0.29) is 11.4 Å². The van der Waals surface area contributed by atoms with E-state index in [9.17, 15) is 8.42 Å². The van der Waals surface area contributed by atoms with Gasteiger partial charge in [0.05, 0.1) is 15.6 Å². The largest absolute Gasteiger partial charge is 0.305 e. The summed E-state index contributed by atoms with van der Waals surface area (Å²) in [5.41, 5.74) is 2.70. The first-order chi connectivity index (χ1) is 11.5. The van der Waals surface area contributed by atoms with Crippen molar-refractivity contribution < 1.29 is 8.42 Å². The minimum absolute atomic E-state index is 0.279. The quantitative estimate of drug-likeness (QED) is 0.732. The summed E-state index contributed by atoms with van der Waals surface area (Å²) in [7, 11) is -3.50. The highest BCUT2D eigenvalue weighted by molar-refractivity contribution is 7.89. The number of aromatic nitrogens is 2. The number of pyridine rings is 1. The first-order valence-corrected chi connectivity index (χ1v) is 9.56. The van der Waals surface area contributed by atoms with Crippen LogP contribution in [-0.2, 0) is 22.9 Å². The van der Waals surface area contributed by atoms with Gasteiger partial charge in [0.15, 0.2) is 0 Å². The molecule has 0 fully saturated rings. The van der Waals surface area contributed by atoms with E-state index >= 15 is 0 Å². The molecule has 126 valence electrons. The van der Waals surface area contributed by atoms with Crippen LogP contribution in [0.15, 0.2) is 53.7 Å². The third-order valence-corrected chi connectivity index (χ3v) is 5.48. The van der Waals surface area contributed by atoms with E-state index in [1.54, 1.807) is 24.4 Å². The summed E-state index contributed by atoms with van der Waals surface area (Å²) in [5.74, 6) is 0. The zero-order valence-electron chi connectivity index (χ0n) is 13.2. The van der Waals surface area contributed by atoms with Crippen LogP contribution in [0.1, 0.15) is 18.2 Å². The van der Waals surface area contributed by atoms with Gasteiger partial charge in [0.2, 0.25) is 10.0 Å². The number of rotatable bonds is 6. The summed E-state index contributed by atoms with van der Waals surface area (Å²) in [6.45, 7) is 2.32. The van der Waals surface area contributed by atoms with Gasteiger partial charge in [0.1, 0.15) is 5.65 Å². The topological polar surface area (TPSA) is 63.5 Å². The fourth-order valence-electron chi connectivity index (χ4n) is 2.44. The predicted molar refractivity (Wildman–Crippen MR) is 94.9 cm³/mol. The Balaban J connectivity index is 1.65. The summed E-state index contributed by atoms with van der Waals surface area (Å²) in [6, 6.07) is 10.5. The van der Waals surface area contributed by atoms with Gasteiger partial charge < -0.3 is 4.40 Å². The van der Waals surface area contributed by atoms with Crippen molar-refractivity contribution in [3.8, 4) is 0 Å². The molecule has 0 saturated heterocycles. The number of benzene rings is 1. The number of imidazole rings is 1. The number of sulfonamides is 1. The highest BCUT2D eigenvalue weighted by Crippen LogP contribution is 2.13. The molecule has 0 aliphatic carbocycles. The highest BCUT2D eigenvalue weighted by atomic mass is 35.5. The molecule has 7 heteroatoms. The van der Waals surface area contributed by atoms with E-state index in [1.807, 2.05) is 35.7 Å². The fraction of sp³-hybridized carbons (Fsp3) is 0.235. The third kappa shape index (κ3) is 3.77. The van der Waals surface area contributed by atoms with Crippen LogP contribution in [0.3, 0.4) is 0 Å². The molecule has 1 aromatic carbocycles. The Hall–Kier alpha value is -1.89. The second-order valence-electron chi connectivity index (χ2n) is 5.49. The van der Waals surface area contributed by atoms with Crippen molar-refractivity contribution in [2.45, 2.75) is 24.7 Å². The minimum Gasteiger partial charge on any atom is -0.305 e. The molecule has 0 spiro atoms. The second-order valence-corrected chi connectivity index (χ2v) is 7.69. The molecular weight excluding hydrogens is 346 g/mol. The second kappa shape index (κ2) is 6.93. The zero-order valence-corrected chi connectivity index (χ0v) is 14.8. The van der Waals surface area contributed by atoms with Crippen molar-refractivity contribution in [1.82, 2.24) is 14.1 Å². The monoisotopic (exact) mass is 363 g/mol. The molecular formula is C17H18ClN3O2S. The predicted octanol–water partition coefficient (Wildman–Crippen LogP) is 3.07. The molecule has 3 aromatic rings. The van der Waals surface area contributed by atoms with Crippen LogP contribution < -0.4 is 4.72 Å². The van der Waals surface area contributed by atoms with Gasteiger partial charge in [0, 0.05) is 25.4 Å². The molecule has 0 amide bonds. The van der Waals surface area contributed by atoms with E-state index in [0.717, 1.165) is 23.3 Å². The van der Waals surface area contributed by atoms with Crippen LogP contribution in [0, 0.1) is 0 Å². The number of nitrogens with zero attached hydrogens (tertiary/aromatic N) is 2. The zero-order chi connectivity index (χ0) is 17.2. The Bertz CT molecular complexity index is 950. The van der Waals surface area contributed by atoms with E-state index in [4.69, 9.17) is 11.6 Å². The normalized spacial score (nSPS) is 11.9. The van der Waals surface area contributed by atoms with E-state index < -0.39 is 10.0 Å². The van der Waals surface area contributed by atoms with Crippen molar-refractivity contribution in [2.75, 3.05) is 6.54 Å². The van der Waals surface area contributed by atoms with Gasteiger partial charge >= 0.3 is 0 Å². The Kier molecular flexibility index (Phi) is 4.89. The molecule has 5 nitrogen and oxygen atoms in total. The molecule has 24 heavy (non-hydrogen) atoms. The van der Waals surface area contributed by atoms with E-state index in [0.29, 0.717) is 11.4 Å². The summed E-state index contributed by atoms with van der Waals surface area (Å²) in [6.07, 6.45) is 5.01. The van der Waals surface area contributed by atoms with Gasteiger partial charge in [0.25, 0.3) is 0 Å². The van der Waals surface area contributed by atoms with Crippen molar-refractivity contribution in [3.05, 3.63) is 65.1 Å². The van der Waals surface area contributed by atoms with Gasteiger partial charge in [-0.3, -0.25) is 0 Å². The smallest absolute Gasteiger partial charge is 0.240 e. The van der Waals surface area contributed by atoms with Crippen LogP contribution in [0.25, 0.3) is 5.65 Å². The Morgan fingerprint density at radius 3 is 2.58 bits per heavy atom.